The van der Waals surface area contributed by atoms with Gasteiger partial charge in [0.05, 0.1) is 12.8 Å². The molecular formula is C6H15CaMgO7PSi. The fraction of sp³-hybridized carbons (Fsp3) is 0.500. The van der Waals surface area contributed by atoms with Crippen molar-refractivity contribution in [3.8, 4) is 0 Å². The summed E-state index contributed by atoms with van der Waals surface area (Å²) in [5.41, 5.74) is -2.74. The van der Waals surface area contributed by atoms with Gasteiger partial charge in [0.25, 0.3) is 0 Å². The van der Waals surface area contributed by atoms with Crippen LogP contribution < -0.4 is 0 Å². The van der Waals surface area contributed by atoms with Crippen LogP contribution in [0.15, 0.2) is 0 Å². The average Bonchev–Trinajstić information content (AvgIpc) is 1.82. The third-order valence-corrected chi connectivity index (χ3v) is 1.29. The van der Waals surface area contributed by atoms with E-state index in [9.17, 15) is 14.4 Å². The van der Waals surface area contributed by atoms with Crippen LogP contribution >= 0.6 is 9.90 Å². The predicted molar refractivity (Wildman–Crippen MR) is 70.5 cm³/mol. The molecule has 0 saturated heterocycles. The number of aliphatic carboxylic acids is 3. The Balaban J connectivity index is -0.0000000480. The Morgan fingerprint density at radius 3 is 1.35 bits per heavy atom. The average molecular weight is 323 g/mol. The van der Waals surface area contributed by atoms with Crippen molar-refractivity contribution in [2.24, 2.45) is 0 Å². The van der Waals surface area contributed by atoms with Crippen LogP contribution in [-0.2, 0) is 14.4 Å². The smallest absolute Gasteiger partial charge is 1.00 e. The first-order valence-corrected chi connectivity index (χ1v) is 3.17. The Kier molecular flexibility index (Phi) is 24.4. The van der Waals surface area contributed by atoms with Crippen LogP contribution in [0.2, 0.25) is 0 Å². The predicted octanol–water partition coefficient (Wildman–Crippen LogP) is -2.64. The van der Waals surface area contributed by atoms with E-state index in [-0.39, 0.29) is 84.5 Å². The molecule has 0 rings (SSSR count). The van der Waals surface area contributed by atoms with Crippen LogP contribution in [0.25, 0.3) is 0 Å². The van der Waals surface area contributed by atoms with Crippen molar-refractivity contribution < 1.29 is 37.7 Å². The van der Waals surface area contributed by atoms with Crippen LogP contribution in [-0.4, -0.2) is 116 Å². The van der Waals surface area contributed by atoms with Crippen LogP contribution in [0.5, 0.6) is 0 Å². The molecule has 0 saturated carbocycles. The Labute approximate surface area is 154 Å². The quantitative estimate of drug-likeness (QED) is 0.321. The third kappa shape index (κ3) is 13.3. The van der Waals surface area contributed by atoms with E-state index in [0.717, 1.165) is 0 Å². The Morgan fingerprint density at radius 1 is 1.00 bits per heavy atom. The van der Waals surface area contributed by atoms with Gasteiger partial charge in [0, 0.05) is 0 Å². The van der Waals surface area contributed by atoms with Crippen LogP contribution in [0.4, 0.5) is 0 Å². The van der Waals surface area contributed by atoms with E-state index in [2.05, 4.69) is 0 Å². The van der Waals surface area contributed by atoms with Crippen LogP contribution in [0.3, 0.4) is 0 Å². The zero-order valence-corrected chi connectivity index (χ0v) is 16.2. The Bertz CT molecular complexity index is 258. The van der Waals surface area contributed by atoms with Crippen LogP contribution in [0, 0.1) is 0 Å². The van der Waals surface area contributed by atoms with Crippen molar-refractivity contribution in [2.45, 2.75) is 18.4 Å². The molecule has 0 aliphatic carbocycles. The molecule has 0 atom stereocenters. The second-order valence-electron chi connectivity index (χ2n) is 2.48. The van der Waals surface area contributed by atoms with E-state index in [4.69, 9.17) is 20.4 Å². The summed E-state index contributed by atoms with van der Waals surface area (Å²) in [7, 11) is 0. The molecule has 0 aliphatic rings. The maximum absolute atomic E-state index is 10.3. The van der Waals surface area contributed by atoms with Gasteiger partial charge in [0.2, 0.25) is 0 Å². The van der Waals surface area contributed by atoms with Gasteiger partial charge in [-0.05, 0) is 0 Å². The summed E-state index contributed by atoms with van der Waals surface area (Å²) >= 11 is 0. The molecule has 94 valence electrons. The third-order valence-electron chi connectivity index (χ3n) is 1.29. The van der Waals surface area contributed by atoms with Gasteiger partial charge < -0.3 is 44.1 Å². The summed E-state index contributed by atoms with van der Waals surface area (Å²) in [6.45, 7) is 0. The van der Waals surface area contributed by atoms with Crippen molar-refractivity contribution in [2.75, 3.05) is 0 Å². The summed E-state index contributed by atoms with van der Waals surface area (Å²) in [5.74, 6) is -5.02. The van der Waals surface area contributed by atoms with Gasteiger partial charge in [-0.25, -0.2) is 4.79 Å². The molecule has 0 heterocycles. The molecule has 0 bridgehead atoms. The van der Waals surface area contributed by atoms with Crippen molar-refractivity contribution in [3.05, 3.63) is 0 Å². The first-order chi connectivity index (χ1) is 5.78. The number of hydrogen-bond donors (Lipinski definition) is 4. The number of rotatable bonds is 5. The molecule has 11 heteroatoms. The molecular weight excluding hydrogens is 308 g/mol. The fourth-order valence-corrected chi connectivity index (χ4v) is 0.714. The molecule has 4 N–H and O–H groups in total. The molecule has 17 heavy (non-hydrogen) atoms. The van der Waals surface area contributed by atoms with Crippen molar-refractivity contribution in [1.82, 2.24) is 0 Å². The second-order valence-corrected chi connectivity index (χ2v) is 2.48. The summed E-state index contributed by atoms with van der Waals surface area (Å²) < 4.78 is 0. The van der Waals surface area contributed by atoms with Gasteiger partial charge in [0.15, 0.2) is 5.60 Å². The minimum atomic E-state index is -2.74. The van der Waals surface area contributed by atoms with Gasteiger partial charge in [-0.3, -0.25) is 9.59 Å². The summed E-state index contributed by atoms with van der Waals surface area (Å²) in [6.07, 6.45) is -2.29. The van der Waals surface area contributed by atoms with Gasteiger partial charge in [0.1, 0.15) is 0 Å². The minimum Gasteiger partial charge on any atom is -1.00 e. The van der Waals surface area contributed by atoms with E-state index in [1.54, 1.807) is 0 Å². The summed E-state index contributed by atoms with van der Waals surface area (Å²) in [4.78, 5) is 30.5. The van der Waals surface area contributed by atoms with Gasteiger partial charge in [-0.2, -0.15) is 0 Å². The Morgan fingerprint density at radius 2 is 1.24 bits per heavy atom. The van der Waals surface area contributed by atoms with Crippen molar-refractivity contribution in [1.29, 1.82) is 0 Å². The summed E-state index contributed by atoms with van der Waals surface area (Å²) in [5, 5.41) is 33.8. The zero-order chi connectivity index (χ0) is 10.6. The molecule has 0 unspecified atom stereocenters. The topological polar surface area (TPSA) is 132 Å². The van der Waals surface area contributed by atoms with Crippen LogP contribution in [0.1, 0.15) is 15.7 Å². The second kappa shape index (κ2) is 13.5. The van der Waals surface area contributed by atoms with E-state index in [1.165, 1.54) is 0 Å². The molecule has 0 radical (unpaired) electrons. The van der Waals surface area contributed by atoms with Gasteiger partial charge in [-0.1, -0.05) is 0 Å². The monoisotopic (exact) mass is 322 g/mol. The normalized spacial score (nSPS) is 8.29. The number of carbonyl (C=O) groups is 3. The zero-order valence-electron chi connectivity index (χ0n) is 11.4. The SMILES string of the molecule is O=C(O)CC(O)(CC(=O)O)C(=O)O.[Ca+2].[H-].[H-].[Mg+2].[PH2-].[SiH3-]. The number of aliphatic hydroxyl groups is 1. The maximum atomic E-state index is 10.3. The molecule has 0 spiro atoms. The number of carboxylic acid groups (broad SMARTS) is 3. The van der Waals surface area contributed by atoms with Crippen molar-refractivity contribution in [3.63, 3.8) is 0 Å². The molecule has 0 fully saturated rings. The molecule has 0 amide bonds. The molecule has 0 aromatic heterocycles. The standard InChI is InChI=1S/C6H8O7.Ca.Mg.H2P.H3Si.2H/c7-3(8)1-6(13,5(11)12)2-4(9)10;;;;;;/h13H,1-2H2,(H,7,8)(H,9,10)(H,11,12);;;1H2;1H3;;/q;2*+2;4*-1. The van der Waals surface area contributed by atoms with E-state index < -0.39 is 36.4 Å². The maximum Gasteiger partial charge on any atom is 2.00 e. The summed E-state index contributed by atoms with van der Waals surface area (Å²) in [6, 6.07) is 0. The first-order valence-electron chi connectivity index (χ1n) is 3.17. The van der Waals surface area contributed by atoms with E-state index >= 15 is 0 Å². The Hall–Kier alpha value is 1.04. The van der Waals surface area contributed by atoms with Gasteiger partial charge in [-0.15, -0.1) is 0 Å². The number of hydrogen-bond acceptors (Lipinski definition) is 4. The molecule has 0 aliphatic heterocycles. The van der Waals surface area contributed by atoms with Crippen molar-refractivity contribution >= 4 is 99.6 Å². The first kappa shape index (κ1) is 30.8. The minimum absolute atomic E-state index is 0. The molecule has 7 nitrogen and oxygen atoms in total. The fourth-order valence-electron chi connectivity index (χ4n) is 0.714. The molecule has 0 aromatic carbocycles. The van der Waals surface area contributed by atoms with Gasteiger partial charge >= 0.3 is 78.7 Å². The number of carboxylic acids is 3. The molecule has 0 aromatic rings. The van der Waals surface area contributed by atoms with E-state index in [1.807, 2.05) is 0 Å². The largest absolute Gasteiger partial charge is 2.00 e. The van der Waals surface area contributed by atoms with E-state index in [0.29, 0.717) is 0 Å².